The van der Waals surface area contributed by atoms with Crippen molar-refractivity contribution in [2.75, 3.05) is 7.05 Å². The molecule has 0 unspecified atom stereocenters. The van der Waals surface area contributed by atoms with Crippen LogP contribution >= 0.6 is 0 Å². The number of aromatic nitrogens is 1. The number of aryl methyl sites for hydroxylation is 1. The second-order valence-corrected chi connectivity index (χ2v) is 6.52. The lowest BCUT2D eigenvalue weighted by Gasteiger charge is -2.16. The molecular formula is C20H17F5N2O. The summed E-state index contributed by atoms with van der Waals surface area (Å²) < 4.78 is 71.0. The van der Waals surface area contributed by atoms with Crippen molar-refractivity contribution in [3.63, 3.8) is 0 Å². The Balaban J connectivity index is 1.75. The first kappa shape index (κ1) is 20.0. The van der Waals surface area contributed by atoms with Crippen molar-refractivity contribution in [3.05, 3.63) is 76.7 Å². The molecule has 0 saturated heterocycles. The molecule has 3 nitrogen and oxygen atoms in total. The summed E-state index contributed by atoms with van der Waals surface area (Å²) in [5.41, 5.74) is 0.359. The van der Waals surface area contributed by atoms with Gasteiger partial charge in [-0.05, 0) is 37.7 Å². The summed E-state index contributed by atoms with van der Waals surface area (Å²) in [5, 5.41) is 0. The molecule has 28 heavy (non-hydrogen) atoms. The second kappa shape index (κ2) is 7.71. The van der Waals surface area contributed by atoms with Gasteiger partial charge >= 0.3 is 6.18 Å². The molecule has 0 aliphatic rings. The molecule has 2 aromatic carbocycles. The lowest BCUT2D eigenvalue weighted by Crippen LogP contribution is -2.18. The van der Waals surface area contributed by atoms with Crippen LogP contribution in [0.5, 0.6) is 0 Å². The van der Waals surface area contributed by atoms with Crippen LogP contribution in [-0.2, 0) is 19.3 Å². The van der Waals surface area contributed by atoms with Crippen LogP contribution in [0, 0.1) is 18.6 Å². The molecule has 0 aliphatic carbocycles. The highest BCUT2D eigenvalue weighted by Crippen LogP contribution is 2.30. The van der Waals surface area contributed by atoms with E-state index in [1.165, 1.54) is 12.1 Å². The van der Waals surface area contributed by atoms with Gasteiger partial charge in [0.15, 0.2) is 0 Å². The minimum absolute atomic E-state index is 0.0254. The SMILES string of the molecule is Cc1oc(-c2ccc(F)cc2F)nc1CN(C)Cc1cccc(C(F)(F)F)c1. The van der Waals surface area contributed by atoms with Crippen molar-refractivity contribution in [2.45, 2.75) is 26.2 Å². The van der Waals surface area contributed by atoms with E-state index >= 15 is 0 Å². The van der Waals surface area contributed by atoms with Crippen LogP contribution in [0.1, 0.15) is 22.6 Å². The van der Waals surface area contributed by atoms with E-state index in [-0.39, 0.29) is 24.5 Å². The van der Waals surface area contributed by atoms with Gasteiger partial charge in [-0.2, -0.15) is 13.2 Å². The molecule has 1 aromatic heterocycles. The summed E-state index contributed by atoms with van der Waals surface area (Å²) in [6, 6.07) is 8.20. The normalized spacial score (nSPS) is 12.0. The van der Waals surface area contributed by atoms with Gasteiger partial charge in [0.1, 0.15) is 17.4 Å². The Hall–Kier alpha value is -2.74. The third-order valence-corrected chi connectivity index (χ3v) is 4.18. The van der Waals surface area contributed by atoms with E-state index in [9.17, 15) is 22.0 Å². The van der Waals surface area contributed by atoms with E-state index < -0.39 is 23.4 Å². The molecule has 0 saturated carbocycles. The van der Waals surface area contributed by atoms with Gasteiger partial charge in [-0.3, -0.25) is 4.90 Å². The highest BCUT2D eigenvalue weighted by atomic mass is 19.4. The van der Waals surface area contributed by atoms with Crippen molar-refractivity contribution in [1.29, 1.82) is 0 Å². The molecule has 0 amide bonds. The summed E-state index contributed by atoms with van der Waals surface area (Å²) in [5.74, 6) is -1.01. The second-order valence-electron chi connectivity index (χ2n) is 6.52. The molecule has 0 N–H and O–H groups in total. The van der Waals surface area contributed by atoms with Gasteiger partial charge in [0.2, 0.25) is 5.89 Å². The lowest BCUT2D eigenvalue weighted by molar-refractivity contribution is -0.137. The fourth-order valence-electron chi connectivity index (χ4n) is 2.82. The lowest BCUT2D eigenvalue weighted by atomic mass is 10.1. The van der Waals surface area contributed by atoms with E-state index in [1.54, 1.807) is 24.9 Å². The molecule has 0 radical (unpaired) electrons. The fourth-order valence-corrected chi connectivity index (χ4v) is 2.82. The van der Waals surface area contributed by atoms with E-state index in [0.29, 0.717) is 17.0 Å². The summed E-state index contributed by atoms with van der Waals surface area (Å²) in [6.45, 7) is 2.20. The molecule has 0 spiro atoms. The topological polar surface area (TPSA) is 29.3 Å². The van der Waals surface area contributed by atoms with E-state index in [2.05, 4.69) is 4.98 Å². The molecule has 0 fully saturated rings. The predicted molar refractivity (Wildman–Crippen MR) is 93.2 cm³/mol. The van der Waals surface area contributed by atoms with Crippen LogP contribution in [0.4, 0.5) is 22.0 Å². The molecule has 0 aliphatic heterocycles. The van der Waals surface area contributed by atoms with Gasteiger partial charge in [-0.1, -0.05) is 18.2 Å². The van der Waals surface area contributed by atoms with Crippen LogP contribution in [0.3, 0.4) is 0 Å². The number of hydrogen-bond acceptors (Lipinski definition) is 3. The molecule has 0 atom stereocenters. The van der Waals surface area contributed by atoms with Gasteiger partial charge in [-0.25, -0.2) is 13.8 Å². The standard InChI is InChI=1S/C20H17F5N2O/c1-12-18(26-19(28-12)16-7-6-15(21)9-17(16)22)11-27(2)10-13-4-3-5-14(8-13)20(23,24)25/h3-9H,10-11H2,1-2H3. The number of alkyl halides is 3. The third kappa shape index (κ3) is 4.56. The van der Waals surface area contributed by atoms with Crippen LogP contribution in [-0.4, -0.2) is 16.9 Å². The number of rotatable bonds is 5. The third-order valence-electron chi connectivity index (χ3n) is 4.18. The van der Waals surface area contributed by atoms with Gasteiger partial charge in [0.25, 0.3) is 0 Å². The van der Waals surface area contributed by atoms with Crippen molar-refractivity contribution < 1.29 is 26.4 Å². The number of halogens is 5. The maximum atomic E-state index is 13.9. The first-order valence-corrected chi connectivity index (χ1v) is 8.40. The number of benzene rings is 2. The Kier molecular flexibility index (Phi) is 5.51. The molecule has 1 heterocycles. The van der Waals surface area contributed by atoms with Crippen LogP contribution < -0.4 is 0 Å². The Morgan fingerprint density at radius 2 is 1.79 bits per heavy atom. The summed E-state index contributed by atoms with van der Waals surface area (Å²) in [6.07, 6.45) is -4.40. The zero-order valence-electron chi connectivity index (χ0n) is 15.1. The summed E-state index contributed by atoms with van der Waals surface area (Å²) in [4.78, 5) is 6.03. The smallest absolute Gasteiger partial charge is 0.416 e. The Morgan fingerprint density at radius 3 is 2.46 bits per heavy atom. The predicted octanol–water partition coefficient (Wildman–Crippen LogP) is 5.58. The van der Waals surface area contributed by atoms with Crippen molar-refractivity contribution in [1.82, 2.24) is 9.88 Å². The molecule has 3 aromatic rings. The van der Waals surface area contributed by atoms with Crippen molar-refractivity contribution >= 4 is 0 Å². The maximum Gasteiger partial charge on any atom is 0.416 e. The van der Waals surface area contributed by atoms with Gasteiger partial charge in [0, 0.05) is 19.2 Å². The van der Waals surface area contributed by atoms with E-state index in [4.69, 9.17) is 4.42 Å². The molecule has 0 bridgehead atoms. The van der Waals surface area contributed by atoms with Crippen molar-refractivity contribution in [2.24, 2.45) is 0 Å². The maximum absolute atomic E-state index is 13.9. The summed E-state index contributed by atoms with van der Waals surface area (Å²) in [7, 11) is 1.73. The Bertz CT molecular complexity index is 981. The van der Waals surface area contributed by atoms with Gasteiger partial charge in [-0.15, -0.1) is 0 Å². The van der Waals surface area contributed by atoms with Crippen LogP contribution in [0.25, 0.3) is 11.5 Å². The molecular weight excluding hydrogens is 379 g/mol. The van der Waals surface area contributed by atoms with E-state index in [0.717, 1.165) is 24.3 Å². The number of nitrogens with zero attached hydrogens (tertiary/aromatic N) is 2. The number of oxazole rings is 1. The first-order valence-electron chi connectivity index (χ1n) is 8.40. The highest BCUT2D eigenvalue weighted by molar-refractivity contribution is 5.54. The zero-order chi connectivity index (χ0) is 20.5. The number of hydrogen-bond donors (Lipinski definition) is 0. The summed E-state index contributed by atoms with van der Waals surface area (Å²) >= 11 is 0. The monoisotopic (exact) mass is 396 g/mol. The fraction of sp³-hybridized carbons (Fsp3) is 0.250. The largest absolute Gasteiger partial charge is 0.441 e. The molecule has 8 heteroatoms. The van der Waals surface area contributed by atoms with Crippen LogP contribution in [0.2, 0.25) is 0 Å². The Morgan fingerprint density at radius 1 is 1.04 bits per heavy atom. The molecule has 148 valence electrons. The minimum Gasteiger partial charge on any atom is -0.441 e. The quantitative estimate of drug-likeness (QED) is 0.528. The highest BCUT2D eigenvalue weighted by Gasteiger charge is 2.30. The van der Waals surface area contributed by atoms with E-state index in [1.807, 2.05) is 0 Å². The first-order chi connectivity index (χ1) is 13.1. The van der Waals surface area contributed by atoms with Gasteiger partial charge in [0.05, 0.1) is 16.8 Å². The van der Waals surface area contributed by atoms with Crippen molar-refractivity contribution in [3.8, 4) is 11.5 Å². The Labute approximate surface area is 158 Å². The zero-order valence-corrected chi connectivity index (χ0v) is 15.1. The van der Waals surface area contributed by atoms with Crippen LogP contribution in [0.15, 0.2) is 46.9 Å². The minimum atomic E-state index is -4.40. The average molecular weight is 396 g/mol. The molecule has 3 rings (SSSR count). The van der Waals surface area contributed by atoms with Gasteiger partial charge < -0.3 is 4.42 Å². The average Bonchev–Trinajstić information content (AvgIpc) is 2.94.